The molecular weight excluding hydrogens is 258 g/mol. The van der Waals surface area contributed by atoms with E-state index in [1.807, 2.05) is 6.07 Å². The standard InChI is InChI=1S/C15H23NO4/c1-15(17,9-16-11-7-8-11)10-20-14-12(18-2)5-4-6-13(14)19-3/h4-6,11,16-17H,7-10H2,1-3H3. The zero-order chi connectivity index (χ0) is 14.6. The van der Waals surface area contributed by atoms with Crippen LogP contribution < -0.4 is 19.5 Å². The summed E-state index contributed by atoms with van der Waals surface area (Å²) in [6.07, 6.45) is 2.38. The van der Waals surface area contributed by atoms with Crippen molar-refractivity contribution in [2.24, 2.45) is 0 Å². The van der Waals surface area contributed by atoms with Crippen LogP contribution in [-0.4, -0.2) is 44.1 Å². The summed E-state index contributed by atoms with van der Waals surface area (Å²) < 4.78 is 16.2. The average molecular weight is 281 g/mol. The molecule has 0 saturated heterocycles. The van der Waals surface area contributed by atoms with Crippen LogP contribution in [0.4, 0.5) is 0 Å². The minimum Gasteiger partial charge on any atom is -0.493 e. The number of nitrogens with one attached hydrogen (secondary N) is 1. The zero-order valence-corrected chi connectivity index (χ0v) is 12.3. The highest BCUT2D eigenvalue weighted by Gasteiger charge is 2.28. The van der Waals surface area contributed by atoms with Gasteiger partial charge in [-0.2, -0.15) is 0 Å². The Kier molecular flexibility index (Phi) is 4.73. The smallest absolute Gasteiger partial charge is 0.203 e. The van der Waals surface area contributed by atoms with E-state index < -0.39 is 5.60 Å². The van der Waals surface area contributed by atoms with Crippen molar-refractivity contribution in [3.63, 3.8) is 0 Å². The van der Waals surface area contributed by atoms with Gasteiger partial charge in [-0.15, -0.1) is 0 Å². The Bertz CT molecular complexity index is 421. The summed E-state index contributed by atoms with van der Waals surface area (Å²) in [5.41, 5.74) is -0.936. The van der Waals surface area contributed by atoms with E-state index >= 15 is 0 Å². The first-order valence-corrected chi connectivity index (χ1v) is 6.85. The van der Waals surface area contributed by atoms with Crippen LogP contribution in [0.3, 0.4) is 0 Å². The van der Waals surface area contributed by atoms with Crippen LogP contribution in [0.15, 0.2) is 18.2 Å². The first-order valence-electron chi connectivity index (χ1n) is 6.85. The highest BCUT2D eigenvalue weighted by Crippen LogP contribution is 2.37. The third-order valence-electron chi connectivity index (χ3n) is 3.26. The summed E-state index contributed by atoms with van der Waals surface area (Å²) in [7, 11) is 3.16. The van der Waals surface area contributed by atoms with Crippen LogP contribution in [-0.2, 0) is 0 Å². The molecule has 1 aromatic carbocycles. The van der Waals surface area contributed by atoms with Gasteiger partial charge < -0.3 is 24.6 Å². The molecule has 5 nitrogen and oxygen atoms in total. The van der Waals surface area contributed by atoms with Crippen molar-refractivity contribution in [2.45, 2.75) is 31.4 Å². The summed E-state index contributed by atoms with van der Waals surface area (Å²) in [4.78, 5) is 0. The van der Waals surface area contributed by atoms with E-state index in [0.29, 0.717) is 29.8 Å². The predicted octanol–water partition coefficient (Wildman–Crippen LogP) is 1.59. The van der Waals surface area contributed by atoms with E-state index in [4.69, 9.17) is 14.2 Å². The molecular formula is C15H23NO4. The van der Waals surface area contributed by atoms with Gasteiger partial charge in [-0.25, -0.2) is 0 Å². The number of benzene rings is 1. The number of hydrogen-bond acceptors (Lipinski definition) is 5. The van der Waals surface area contributed by atoms with E-state index in [1.54, 1.807) is 33.3 Å². The van der Waals surface area contributed by atoms with Gasteiger partial charge in [0.15, 0.2) is 11.5 Å². The van der Waals surface area contributed by atoms with Gasteiger partial charge in [0.25, 0.3) is 0 Å². The van der Waals surface area contributed by atoms with E-state index in [9.17, 15) is 5.11 Å². The molecule has 1 saturated carbocycles. The molecule has 2 rings (SSSR count). The fourth-order valence-electron chi connectivity index (χ4n) is 1.89. The van der Waals surface area contributed by atoms with Crippen molar-refractivity contribution in [1.82, 2.24) is 5.32 Å². The van der Waals surface area contributed by atoms with Crippen molar-refractivity contribution in [3.05, 3.63) is 18.2 Å². The van der Waals surface area contributed by atoms with Gasteiger partial charge in [-0.1, -0.05) is 6.07 Å². The second-order valence-electron chi connectivity index (χ2n) is 5.43. The molecule has 20 heavy (non-hydrogen) atoms. The van der Waals surface area contributed by atoms with Crippen molar-refractivity contribution >= 4 is 0 Å². The normalized spacial score (nSPS) is 17.4. The highest BCUT2D eigenvalue weighted by molar-refractivity contribution is 5.51. The Morgan fingerprint density at radius 3 is 2.35 bits per heavy atom. The van der Waals surface area contributed by atoms with Crippen LogP contribution in [0.1, 0.15) is 19.8 Å². The minimum atomic E-state index is -0.936. The van der Waals surface area contributed by atoms with Crippen LogP contribution in [0.2, 0.25) is 0 Å². The molecule has 1 unspecified atom stereocenters. The van der Waals surface area contributed by atoms with Crippen LogP contribution in [0.5, 0.6) is 17.2 Å². The summed E-state index contributed by atoms with van der Waals surface area (Å²) >= 11 is 0. The average Bonchev–Trinajstić information content (AvgIpc) is 3.27. The third-order valence-corrected chi connectivity index (χ3v) is 3.26. The molecule has 0 radical (unpaired) electrons. The van der Waals surface area contributed by atoms with Crippen molar-refractivity contribution < 1.29 is 19.3 Å². The van der Waals surface area contributed by atoms with E-state index in [0.717, 1.165) is 0 Å². The maximum atomic E-state index is 10.3. The molecule has 0 spiro atoms. The highest BCUT2D eigenvalue weighted by atomic mass is 16.5. The molecule has 0 aliphatic heterocycles. The quantitative estimate of drug-likeness (QED) is 0.757. The second-order valence-corrected chi connectivity index (χ2v) is 5.43. The Labute approximate surface area is 119 Å². The summed E-state index contributed by atoms with van der Waals surface area (Å²) in [5.74, 6) is 1.70. The molecule has 1 aliphatic carbocycles. The van der Waals surface area contributed by atoms with Gasteiger partial charge in [0.1, 0.15) is 12.2 Å². The lowest BCUT2D eigenvalue weighted by Gasteiger charge is -2.25. The first-order chi connectivity index (χ1) is 9.55. The molecule has 0 bridgehead atoms. The summed E-state index contributed by atoms with van der Waals surface area (Å²) in [6, 6.07) is 5.99. The molecule has 0 aromatic heterocycles. The van der Waals surface area contributed by atoms with Gasteiger partial charge in [0, 0.05) is 12.6 Å². The molecule has 0 amide bonds. The van der Waals surface area contributed by atoms with Crippen molar-refractivity contribution in [2.75, 3.05) is 27.4 Å². The van der Waals surface area contributed by atoms with Crippen LogP contribution in [0, 0.1) is 0 Å². The Morgan fingerprint density at radius 2 is 1.85 bits per heavy atom. The lowest BCUT2D eigenvalue weighted by atomic mass is 10.1. The first kappa shape index (κ1) is 14.9. The Balaban J connectivity index is 1.97. The van der Waals surface area contributed by atoms with Gasteiger partial charge in [-0.3, -0.25) is 0 Å². The molecule has 5 heteroatoms. The fraction of sp³-hybridized carbons (Fsp3) is 0.600. The number of para-hydroxylation sites is 1. The van der Waals surface area contributed by atoms with Gasteiger partial charge in [0.2, 0.25) is 5.75 Å². The van der Waals surface area contributed by atoms with Crippen LogP contribution >= 0.6 is 0 Å². The van der Waals surface area contributed by atoms with Crippen molar-refractivity contribution in [3.8, 4) is 17.2 Å². The summed E-state index contributed by atoms with van der Waals surface area (Å²) in [6.45, 7) is 2.43. The van der Waals surface area contributed by atoms with E-state index in [2.05, 4.69) is 5.32 Å². The maximum absolute atomic E-state index is 10.3. The molecule has 1 atom stereocenters. The Morgan fingerprint density at radius 1 is 1.25 bits per heavy atom. The second kappa shape index (κ2) is 6.33. The SMILES string of the molecule is COc1cccc(OC)c1OCC(C)(O)CNC1CC1. The molecule has 2 N–H and O–H groups in total. The van der Waals surface area contributed by atoms with E-state index in [-0.39, 0.29) is 6.61 Å². The maximum Gasteiger partial charge on any atom is 0.203 e. The number of ether oxygens (including phenoxy) is 3. The fourth-order valence-corrected chi connectivity index (χ4v) is 1.89. The number of aliphatic hydroxyl groups is 1. The van der Waals surface area contributed by atoms with Gasteiger partial charge in [-0.05, 0) is 31.9 Å². The molecule has 1 aromatic rings. The third kappa shape index (κ3) is 4.02. The van der Waals surface area contributed by atoms with E-state index in [1.165, 1.54) is 12.8 Å². The number of rotatable bonds is 8. The zero-order valence-electron chi connectivity index (χ0n) is 12.3. The summed E-state index contributed by atoms with van der Waals surface area (Å²) in [5, 5.41) is 13.6. The lowest BCUT2D eigenvalue weighted by Crippen LogP contribution is -2.43. The molecule has 0 heterocycles. The number of methoxy groups -OCH3 is 2. The lowest BCUT2D eigenvalue weighted by molar-refractivity contribution is 0.0105. The van der Waals surface area contributed by atoms with Gasteiger partial charge >= 0.3 is 0 Å². The minimum absolute atomic E-state index is 0.170. The predicted molar refractivity (Wildman–Crippen MR) is 76.7 cm³/mol. The van der Waals surface area contributed by atoms with Gasteiger partial charge in [0.05, 0.1) is 14.2 Å². The monoisotopic (exact) mass is 281 g/mol. The largest absolute Gasteiger partial charge is 0.493 e. The Hall–Kier alpha value is -1.46. The van der Waals surface area contributed by atoms with Crippen molar-refractivity contribution in [1.29, 1.82) is 0 Å². The van der Waals surface area contributed by atoms with Crippen LogP contribution in [0.25, 0.3) is 0 Å². The molecule has 1 fully saturated rings. The molecule has 112 valence electrons. The number of hydrogen-bond donors (Lipinski definition) is 2. The topological polar surface area (TPSA) is 60.0 Å². The molecule has 1 aliphatic rings.